The molecule has 62 valence electrons. The maximum atomic E-state index is 5.72. The molecule has 2 aromatic rings. The zero-order valence-corrected chi connectivity index (χ0v) is 7.83. The lowest BCUT2D eigenvalue weighted by Crippen LogP contribution is -2.29. The summed E-state index contributed by atoms with van der Waals surface area (Å²) in [6.45, 7) is 0. The summed E-state index contributed by atoms with van der Waals surface area (Å²) in [6, 6.07) is 5.90. The second-order valence-electron chi connectivity index (χ2n) is 3.32. The Kier molecular flexibility index (Phi) is 1.76. The lowest BCUT2D eigenvalue weighted by molar-refractivity contribution is 1.44. The van der Waals surface area contributed by atoms with Crippen molar-refractivity contribution in [3.8, 4) is 0 Å². The Morgan fingerprint density at radius 1 is 1.23 bits per heavy atom. The summed E-state index contributed by atoms with van der Waals surface area (Å²) in [5.41, 5.74) is 8.81. The number of rotatable bonds is 0. The molecule has 0 unspecified atom stereocenters. The zero-order chi connectivity index (χ0) is 9.42. The Morgan fingerprint density at radius 2 is 2.00 bits per heavy atom. The van der Waals surface area contributed by atoms with Crippen molar-refractivity contribution in [1.82, 2.24) is 4.98 Å². The molecule has 0 aliphatic carbocycles. The number of pyridine rings is 1. The lowest BCUT2D eigenvalue weighted by Gasteiger charge is -2.05. The van der Waals surface area contributed by atoms with Gasteiger partial charge in [-0.1, -0.05) is 11.5 Å². The normalized spacial score (nSPS) is 10.5. The van der Waals surface area contributed by atoms with Gasteiger partial charge >= 0.3 is 0 Å². The zero-order valence-electron chi connectivity index (χ0n) is 7.83. The molecule has 4 heteroatoms. The number of nitrogens with zero attached hydrogens (tertiary/aromatic N) is 1. The molecule has 0 amide bonds. The van der Waals surface area contributed by atoms with Crippen molar-refractivity contribution in [1.29, 1.82) is 0 Å². The van der Waals surface area contributed by atoms with E-state index in [9.17, 15) is 0 Å². The van der Waals surface area contributed by atoms with Crippen LogP contribution in [0, 0.1) is 0 Å². The van der Waals surface area contributed by atoms with E-state index in [0.717, 1.165) is 16.7 Å². The molecule has 0 aliphatic heterocycles. The van der Waals surface area contributed by atoms with Crippen LogP contribution in [0.1, 0.15) is 0 Å². The monoisotopic (exact) mass is 168 g/mol. The van der Waals surface area contributed by atoms with Crippen LogP contribution in [0.4, 0.5) is 5.69 Å². The van der Waals surface area contributed by atoms with Crippen molar-refractivity contribution >= 4 is 43.2 Å². The van der Waals surface area contributed by atoms with Crippen molar-refractivity contribution in [3.63, 3.8) is 0 Å². The van der Waals surface area contributed by atoms with Crippen molar-refractivity contribution < 1.29 is 0 Å². The largest absolute Gasteiger partial charge is 0.399 e. The van der Waals surface area contributed by atoms with Gasteiger partial charge in [0.1, 0.15) is 7.85 Å². The first-order valence-electron chi connectivity index (χ1n) is 4.30. The highest BCUT2D eigenvalue weighted by atomic mass is 14.6. The molecule has 0 fully saturated rings. The minimum atomic E-state index is 0.807. The van der Waals surface area contributed by atoms with Gasteiger partial charge in [-0.05, 0) is 28.5 Å². The van der Waals surface area contributed by atoms with Crippen LogP contribution in [0.5, 0.6) is 0 Å². The molecular formula is C9H10B2N2. The molecule has 0 radical (unpaired) electrons. The van der Waals surface area contributed by atoms with E-state index in [-0.39, 0.29) is 0 Å². The molecule has 0 aliphatic rings. The second-order valence-corrected chi connectivity index (χ2v) is 3.32. The van der Waals surface area contributed by atoms with Gasteiger partial charge in [-0.25, -0.2) is 0 Å². The average Bonchev–Trinajstić information content (AvgIpc) is 2.12. The number of hydrogen-bond acceptors (Lipinski definition) is 2. The number of hydrogen-bond donors (Lipinski definition) is 1. The van der Waals surface area contributed by atoms with Gasteiger partial charge < -0.3 is 5.73 Å². The van der Waals surface area contributed by atoms with Gasteiger partial charge in [0.2, 0.25) is 0 Å². The standard InChI is InChI=1S/C9H10B2N2/c10-8-7-3-6(12)2-1-5(7)4-13-9(8)11/h1-4H,10-12H2. The first kappa shape index (κ1) is 8.17. The lowest BCUT2D eigenvalue weighted by atomic mass is 9.82. The van der Waals surface area contributed by atoms with Gasteiger partial charge in [0, 0.05) is 11.9 Å². The van der Waals surface area contributed by atoms with Gasteiger partial charge in [0.25, 0.3) is 0 Å². The number of aromatic nitrogens is 1. The van der Waals surface area contributed by atoms with Gasteiger partial charge in [-0.15, -0.1) is 0 Å². The van der Waals surface area contributed by atoms with Crippen LogP contribution >= 0.6 is 0 Å². The first-order chi connectivity index (χ1) is 6.18. The number of benzene rings is 1. The minimum absolute atomic E-state index is 0.807. The van der Waals surface area contributed by atoms with Crippen LogP contribution in [0.15, 0.2) is 24.4 Å². The summed E-state index contributed by atoms with van der Waals surface area (Å²) in [5.74, 6) is 0. The SMILES string of the molecule is Bc1ncc2ccc(N)cc2c1B. The molecule has 1 aromatic carbocycles. The highest BCUT2D eigenvalue weighted by Crippen LogP contribution is 2.12. The summed E-state index contributed by atoms with van der Waals surface area (Å²) in [6.07, 6.45) is 1.89. The summed E-state index contributed by atoms with van der Waals surface area (Å²) < 4.78 is 0. The van der Waals surface area contributed by atoms with E-state index in [0.29, 0.717) is 0 Å². The molecule has 0 bridgehead atoms. The molecule has 0 atom stereocenters. The summed E-state index contributed by atoms with van der Waals surface area (Å²) in [4.78, 5) is 4.30. The van der Waals surface area contributed by atoms with E-state index < -0.39 is 0 Å². The van der Waals surface area contributed by atoms with Crippen LogP contribution < -0.4 is 16.8 Å². The van der Waals surface area contributed by atoms with E-state index in [2.05, 4.69) is 12.8 Å². The van der Waals surface area contributed by atoms with Crippen LogP contribution in [0.3, 0.4) is 0 Å². The Labute approximate surface area is 79.0 Å². The number of fused-ring (bicyclic) bond motifs is 1. The molecule has 1 heterocycles. The molecule has 2 nitrogen and oxygen atoms in total. The summed E-state index contributed by atoms with van der Waals surface area (Å²) >= 11 is 0. The Morgan fingerprint density at radius 3 is 2.77 bits per heavy atom. The number of nitrogens with two attached hydrogens (primary N) is 1. The fraction of sp³-hybridized carbons (Fsp3) is 0. The maximum absolute atomic E-state index is 5.72. The molecule has 0 spiro atoms. The minimum Gasteiger partial charge on any atom is -0.399 e. The van der Waals surface area contributed by atoms with E-state index in [1.54, 1.807) is 0 Å². The predicted octanol–water partition coefficient (Wildman–Crippen LogP) is -1.67. The fourth-order valence-corrected chi connectivity index (χ4v) is 1.47. The van der Waals surface area contributed by atoms with Crippen molar-refractivity contribution in [3.05, 3.63) is 24.4 Å². The third kappa shape index (κ3) is 1.28. The van der Waals surface area contributed by atoms with E-state index >= 15 is 0 Å². The summed E-state index contributed by atoms with van der Waals surface area (Å²) in [7, 11) is 4.09. The van der Waals surface area contributed by atoms with Crippen LogP contribution in [0.2, 0.25) is 0 Å². The van der Waals surface area contributed by atoms with E-state index in [4.69, 9.17) is 5.73 Å². The highest BCUT2D eigenvalue weighted by Gasteiger charge is 2.00. The molecule has 0 saturated carbocycles. The number of nitrogen functional groups attached to an aromatic ring is 1. The van der Waals surface area contributed by atoms with Gasteiger partial charge in [-0.2, -0.15) is 0 Å². The predicted molar refractivity (Wildman–Crippen MR) is 62.5 cm³/mol. The maximum Gasteiger partial charge on any atom is 0.163 e. The molecule has 0 saturated heterocycles. The van der Waals surface area contributed by atoms with Crippen molar-refractivity contribution in [2.75, 3.05) is 5.73 Å². The van der Waals surface area contributed by atoms with Crippen LogP contribution in [-0.2, 0) is 0 Å². The van der Waals surface area contributed by atoms with Crippen LogP contribution in [0.25, 0.3) is 10.8 Å². The second kappa shape index (κ2) is 2.80. The fourth-order valence-electron chi connectivity index (χ4n) is 1.47. The molecule has 13 heavy (non-hydrogen) atoms. The van der Waals surface area contributed by atoms with Crippen LogP contribution in [-0.4, -0.2) is 20.7 Å². The van der Waals surface area contributed by atoms with Crippen molar-refractivity contribution in [2.24, 2.45) is 0 Å². The van der Waals surface area contributed by atoms with Crippen molar-refractivity contribution in [2.45, 2.75) is 0 Å². The third-order valence-electron chi connectivity index (χ3n) is 2.42. The Bertz CT molecular complexity index is 463. The Hall–Kier alpha value is -1.44. The molecule has 2 N–H and O–H groups in total. The highest BCUT2D eigenvalue weighted by molar-refractivity contribution is 6.51. The molecule has 2 rings (SSSR count). The van der Waals surface area contributed by atoms with Gasteiger partial charge in [0.05, 0.1) is 0 Å². The quantitative estimate of drug-likeness (QED) is 0.377. The topological polar surface area (TPSA) is 38.9 Å². The number of anilines is 1. The van der Waals surface area contributed by atoms with E-state index in [1.165, 1.54) is 10.8 Å². The molecule has 1 aromatic heterocycles. The van der Waals surface area contributed by atoms with Gasteiger partial charge in [-0.3, -0.25) is 4.98 Å². The summed E-state index contributed by atoms with van der Waals surface area (Å²) in [5, 5.41) is 2.35. The first-order valence-corrected chi connectivity index (χ1v) is 4.30. The third-order valence-corrected chi connectivity index (χ3v) is 2.42. The van der Waals surface area contributed by atoms with Gasteiger partial charge in [0.15, 0.2) is 7.85 Å². The Balaban J connectivity index is 2.89. The molecular weight excluding hydrogens is 158 g/mol. The average molecular weight is 168 g/mol. The smallest absolute Gasteiger partial charge is 0.163 e. The van der Waals surface area contributed by atoms with E-state index in [1.807, 2.05) is 32.2 Å².